The van der Waals surface area contributed by atoms with Crippen LogP contribution >= 0.6 is 0 Å². The summed E-state index contributed by atoms with van der Waals surface area (Å²) in [5.41, 5.74) is 7.46. The molecule has 1 amide bonds. The van der Waals surface area contributed by atoms with Crippen LogP contribution in [-0.2, 0) is 4.79 Å². The summed E-state index contributed by atoms with van der Waals surface area (Å²) >= 11 is 0. The number of nitro groups is 1. The van der Waals surface area contributed by atoms with Crippen molar-refractivity contribution >= 4 is 34.3 Å². The van der Waals surface area contributed by atoms with E-state index in [4.69, 9.17) is 5.73 Å². The van der Waals surface area contributed by atoms with Crippen molar-refractivity contribution in [2.75, 3.05) is 11.1 Å². The Kier molecular flexibility index (Phi) is 4.42. The van der Waals surface area contributed by atoms with E-state index >= 15 is 0 Å². The highest BCUT2D eigenvalue weighted by molar-refractivity contribution is 5.92. The van der Waals surface area contributed by atoms with E-state index in [9.17, 15) is 14.9 Å². The maximum absolute atomic E-state index is 11.2. The third-order valence-electron chi connectivity index (χ3n) is 2.67. The molecule has 0 atom stereocenters. The van der Waals surface area contributed by atoms with E-state index in [0.29, 0.717) is 22.7 Å². The van der Waals surface area contributed by atoms with Crippen molar-refractivity contribution in [3.05, 3.63) is 52.6 Å². The molecular formula is C14H13N5O3. The van der Waals surface area contributed by atoms with Gasteiger partial charge in [-0.3, -0.25) is 14.9 Å². The van der Waals surface area contributed by atoms with Crippen LogP contribution in [0.25, 0.3) is 0 Å². The van der Waals surface area contributed by atoms with Gasteiger partial charge >= 0.3 is 0 Å². The van der Waals surface area contributed by atoms with E-state index in [1.807, 2.05) is 0 Å². The first kappa shape index (κ1) is 15.1. The zero-order valence-corrected chi connectivity index (χ0v) is 11.7. The van der Waals surface area contributed by atoms with E-state index in [1.165, 1.54) is 31.2 Å². The minimum Gasteiger partial charge on any atom is -0.399 e. The number of nitrogens with one attached hydrogen (secondary N) is 1. The number of hydrogen-bond donors (Lipinski definition) is 2. The molecule has 0 saturated carbocycles. The van der Waals surface area contributed by atoms with E-state index in [1.54, 1.807) is 18.2 Å². The molecule has 0 saturated heterocycles. The summed E-state index contributed by atoms with van der Waals surface area (Å²) < 4.78 is 0. The van der Waals surface area contributed by atoms with Crippen LogP contribution in [0.4, 0.5) is 28.4 Å². The van der Waals surface area contributed by atoms with Gasteiger partial charge in [0.05, 0.1) is 16.3 Å². The number of rotatable bonds is 4. The first-order valence-corrected chi connectivity index (χ1v) is 6.29. The lowest BCUT2D eigenvalue weighted by Crippen LogP contribution is -2.06. The number of anilines is 2. The number of nitrogens with zero attached hydrogens (tertiary/aromatic N) is 3. The van der Waals surface area contributed by atoms with E-state index < -0.39 is 4.92 Å². The van der Waals surface area contributed by atoms with Crippen LogP contribution < -0.4 is 11.1 Å². The Hall–Kier alpha value is -3.29. The zero-order chi connectivity index (χ0) is 16.1. The molecule has 0 spiro atoms. The molecule has 2 aromatic rings. The van der Waals surface area contributed by atoms with Crippen molar-refractivity contribution in [3.63, 3.8) is 0 Å². The number of nitrogen functional groups attached to an aromatic ring is 1. The maximum atomic E-state index is 11.2. The Morgan fingerprint density at radius 2 is 1.86 bits per heavy atom. The summed E-state index contributed by atoms with van der Waals surface area (Å²) in [6.45, 7) is 1.38. The van der Waals surface area contributed by atoms with Crippen molar-refractivity contribution in [1.82, 2.24) is 0 Å². The van der Waals surface area contributed by atoms with Crippen molar-refractivity contribution in [1.29, 1.82) is 0 Å². The number of nitro benzene ring substituents is 1. The van der Waals surface area contributed by atoms with Crippen molar-refractivity contribution in [2.24, 2.45) is 10.2 Å². The summed E-state index contributed by atoms with van der Waals surface area (Å²) in [6.07, 6.45) is 0. The highest BCUT2D eigenvalue weighted by Gasteiger charge is 2.05. The number of amides is 1. The first-order valence-electron chi connectivity index (χ1n) is 6.29. The molecule has 0 radical (unpaired) electrons. The average molecular weight is 299 g/mol. The minimum absolute atomic E-state index is 0.0228. The van der Waals surface area contributed by atoms with Gasteiger partial charge in [-0.25, -0.2) is 0 Å². The topological polar surface area (TPSA) is 123 Å². The molecule has 0 unspecified atom stereocenters. The smallest absolute Gasteiger partial charge is 0.269 e. The predicted molar refractivity (Wildman–Crippen MR) is 82.4 cm³/mol. The number of benzene rings is 2. The van der Waals surface area contributed by atoms with Crippen molar-refractivity contribution in [3.8, 4) is 0 Å². The van der Waals surface area contributed by atoms with Gasteiger partial charge in [-0.1, -0.05) is 0 Å². The number of non-ortho nitro benzene ring substituents is 1. The van der Waals surface area contributed by atoms with Crippen LogP contribution in [0.5, 0.6) is 0 Å². The molecule has 0 bridgehead atoms. The Labute approximate surface area is 125 Å². The van der Waals surface area contributed by atoms with Gasteiger partial charge in [-0.05, 0) is 30.3 Å². The standard InChI is InChI=1S/C14H13N5O3/c1-9(20)16-14-8-10(15)2-7-13(14)18-17-11-3-5-12(6-4-11)19(21)22/h2-8H,15H2,1H3,(H,16,20)/b18-17+. The Balaban J connectivity index is 2.25. The fourth-order valence-corrected chi connectivity index (χ4v) is 1.68. The van der Waals surface area contributed by atoms with Gasteiger partial charge in [-0.15, -0.1) is 5.11 Å². The van der Waals surface area contributed by atoms with Gasteiger partial charge in [-0.2, -0.15) is 5.11 Å². The monoisotopic (exact) mass is 299 g/mol. The molecule has 2 aromatic carbocycles. The molecule has 8 heteroatoms. The Morgan fingerprint density at radius 1 is 1.18 bits per heavy atom. The van der Waals surface area contributed by atoms with Gasteiger partial charge < -0.3 is 11.1 Å². The first-order chi connectivity index (χ1) is 10.5. The van der Waals surface area contributed by atoms with Gasteiger partial charge in [0, 0.05) is 24.7 Å². The fraction of sp³-hybridized carbons (Fsp3) is 0.0714. The van der Waals surface area contributed by atoms with Crippen LogP contribution in [0, 0.1) is 10.1 Å². The van der Waals surface area contributed by atoms with E-state index in [2.05, 4.69) is 15.5 Å². The quantitative estimate of drug-likeness (QED) is 0.387. The second-order valence-corrected chi connectivity index (χ2v) is 4.43. The zero-order valence-electron chi connectivity index (χ0n) is 11.7. The highest BCUT2D eigenvalue weighted by atomic mass is 16.6. The summed E-state index contributed by atoms with van der Waals surface area (Å²) in [5.74, 6) is -0.252. The summed E-state index contributed by atoms with van der Waals surface area (Å²) in [6, 6.07) is 10.5. The molecule has 0 heterocycles. The predicted octanol–water partition coefficient (Wildman–Crippen LogP) is 3.55. The number of carbonyl (C=O) groups is 1. The molecule has 0 aliphatic heterocycles. The number of carbonyl (C=O) groups excluding carboxylic acids is 1. The summed E-state index contributed by atoms with van der Waals surface area (Å²) in [5, 5.41) is 21.2. The molecule has 0 aliphatic rings. The molecule has 3 N–H and O–H groups in total. The molecule has 8 nitrogen and oxygen atoms in total. The van der Waals surface area contributed by atoms with Crippen LogP contribution in [0.15, 0.2) is 52.7 Å². The third kappa shape index (κ3) is 3.85. The molecule has 0 fully saturated rings. The Morgan fingerprint density at radius 3 is 2.45 bits per heavy atom. The molecule has 2 rings (SSSR count). The summed E-state index contributed by atoms with van der Waals surface area (Å²) in [4.78, 5) is 21.2. The SMILES string of the molecule is CC(=O)Nc1cc(N)ccc1/N=N/c1ccc([N+](=O)[O-])cc1. The number of hydrogen-bond acceptors (Lipinski definition) is 6. The molecule has 0 aliphatic carbocycles. The van der Waals surface area contributed by atoms with Crippen LogP contribution in [0.2, 0.25) is 0 Å². The van der Waals surface area contributed by atoms with Crippen molar-refractivity contribution in [2.45, 2.75) is 6.92 Å². The maximum Gasteiger partial charge on any atom is 0.269 e. The highest BCUT2D eigenvalue weighted by Crippen LogP contribution is 2.29. The van der Waals surface area contributed by atoms with Crippen LogP contribution in [-0.4, -0.2) is 10.8 Å². The molecule has 112 valence electrons. The largest absolute Gasteiger partial charge is 0.399 e. The van der Waals surface area contributed by atoms with E-state index in [-0.39, 0.29) is 11.6 Å². The second-order valence-electron chi connectivity index (χ2n) is 4.43. The van der Waals surface area contributed by atoms with Gasteiger partial charge in [0.15, 0.2) is 0 Å². The van der Waals surface area contributed by atoms with Gasteiger partial charge in [0.25, 0.3) is 5.69 Å². The molecular weight excluding hydrogens is 286 g/mol. The van der Waals surface area contributed by atoms with E-state index in [0.717, 1.165) is 0 Å². The summed E-state index contributed by atoms with van der Waals surface area (Å²) in [7, 11) is 0. The van der Waals surface area contributed by atoms with Crippen LogP contribution in [0.3, 0.4) is 0 Å². The average Bonchev–Trinajstić information content (AvgIpc) is 2.46. The Bertz CT molecular complexity index is 741. The second kappa shape index (κ2) is 6.44. The molecule has 0 aromatic heterocycles. The van der Waals surface area contributed by atoms with Gasteiger partial charge in [0.1, 0.15) is 5.69 Å². The lowest BCUT2D eigenvalue weighted by molar-refractivity contribution is -0.384. The third-order valence-corrected chi connectivity index (χ3v) is 2.67. The molecule has 22 heavy (non-hydrogen) atoms. The number of azo groups is 1. The lowest BCUT2D eigenvalue weighted by Gasteiger charge is -2.06. The van der Waals surface area contributed by atoms with Gasteiger partial charge in [0.2, 0.25) is 5.91 Å². The normalized spacial score (nSPS) is 10.6. The lowest BCUT2D eigenvalue weighted by atomic mass is 10.2. The minimum atomic E-state index is -0.490. The van der Waals surface area contributed by atoms with Crippen LogP contribution in [0.1, 0.15) is 6.92 Å². The number of nitrogens with two attached hydrogens (primary N) is 1. The fourth-order valence-electron chi connectivity index (χ4n) is 1.68. The van der Waals surface area contributed by atoms with Crippen molar-refractivity contribution < 1.29 is 9.72 Å².